The van der Waals surface area contributed by atoms with Crippen LogP contribution in [-0.2, 0) is 6.54 Å². The molecule has 0 saturated heterocycles. The standard InChI is InChI=1S/C25H19ClN4O3/c1-33-22-11-10-18(14-19(22)26)28-24(31)17-8-6-16(7-9-17)15-30-23-20(4-2-12-27-23)29-13-3-5-21(29)25(30)32/h2-14H,15H2,1H3,(H,28,31). The summed E-state index contributed by atoms with van der Waals surface area (Å²) in [6.07, 6.45) is 3.53. The highest BCUT2D eigenvalue weighted by Crippen LogP contribution is 2.27. The molecule has 0 aliphatic heterocycles. The molecule has 2 aromatic carbocycles. The Labute approximate surface area is 193 Å². The molecule has 5 rings (SSSR count). The van der Waals surface area contributed by atoms with Crippen LogP contribution in [0.4, 0.5) is 5.69 Å². The number of hydrogen-bond donors (Lipinski definition) is 1. The van der Waals surface area contributed by atoms with Crippen LogP contribution in [0.1, 0.15) is 15.9 Å². The van der Waals surface area contributed by atoms with Gasteiger partial charge in [0.15, 0.2) is 5.65 Å². The largest absolute Gasteiger partial charge is 0.495 e. The molecule has 0 atom stereocenters. The van der Waals surface area contributed by atoms with Crippen LogP contribution in [0.25, 0.3) is 16.7 Å². The maximum atomic E-state index is 13.1. The van der Waals surface area contributed by atoms with E-state index in [-0.39, 0.29) is 11.5 Å². The van der Waals surface area contributed by atoms with Gasteiger partial charge < -0.3 is 14.5 Å². The van der Waals surface area contributed by atoms with Gasteiger partial charge in [0.2, 0.25) is 0 Å². The van der Waals surface area contributed by atoms with Crippen molar-refractivity contribution in [2.24, 2.45) is 0 Å². The summed E-state index contributed by atoms with van der Waals surface area (Å²) in [4.78, 5) is 30.2. The minimum absolute atomic E-state index is 0.121. The van der Waals surface area contributed by atoms with Gasteiger partial charge in [-0.05, 0) is 60.2 Å². The first-order valence-corrected chi connectivity index (χ1v) is 10.6. The second-order valence-electron chi connectivity index (χ2n) is 7.50. The number of hydrogen-bond acceptors (Lipinski definition) is 4. The minimum Gasteiger partial charge on any atom is -0.495 e. The van der Waals surface area contributed by atoms with Crippen molar-refractivity contribution >= 4 is 39.9 Å². The lowest BCUT2D eigenvalue weighted by molar-refractivity contribution is 0.102. The van der Waals surface area contributed by atoms with Crippen LogP contribution in [0.3, 0.4) is 0 Å². The van der Waals surface area contributed by atoms with Crippen molar-refractivity contribution in [2.75, 3.05) is 12.4 Å². The van der Waals surface area contributed by atoms with E-state index in [4.69, 9.17) is 16.3 Å². The monoisotopic (exact) mass is 458 g/mol. The average Bonchev–Trinajstić information content (AvgIpc) is 3.33. The Bertz CT molecular complexity index is 1550. The molecule has 7 nitrogen and oxygen atoms in total. The van der Waals surface area contributed by atoms with Crippen LogP contribution in [0.2, 0.25) is 5.02 Å². The van der Waals surface area contributed by atoms with Gasteiger partial charge in [0.1, 0.15) is 11.3 Å². The summed E-state index contributed by atoms with van der Waals surface area (Å²) in [5.41, 5.74) is 3.86. The maximum absolute atomic E-state index is 13.1. The van der Waals surface area contributed by atoms with Crippen LogP contribution >= 0.6 is 11.6 Å². The van der Waals surface area contributed by atoms with E-state index in [0.29, 0.717) is 39.7 Å². The molecule has 8 heteroatoms. The lowest BCUT2D eigenvalue weighted by atomic mass is 10.1. The Morgan fingerprint density at radius 2 is 1.85 bits per heavy atom. The molecule has 1 N–H and O–H groups in total. The Balaban J connectivity index is 1.41. The normalized spacial score (nSPS) is 11.1. The van der Waals surface area contributed by atoms with E-state index < -0.39 is 0 Å². The quantitative estimate of drug-likeness (QED) is 0.417. The van der Waals surface area contributed by atoms with Gasteiger partial charge >= 0.3 is 0 Å². The van der Waals surface area contributed by atoms with E-state index in [2.05, 4.69) is 10.3 Å². The lowest BCUT2D eigenvalue weighted by Gasteiger charge is -2.12. The first-order valence-electron chi connectivity index (χ1n) is 10.2. The summed E-state index contributed by atoms with van der Waals surface area (Å²) in [6.45, 7) is 0.337. The number of ether oxygens (including phenoxy) is 1. The number of nitrogens with zero attached hydrogens (tertiary/aromatic N) is 3. The van der Waals surface area contributed by atoms with E-state index in [1.54, 1.807) is 47.2 Å². The summed E-state index contributed by atoms with van der Waals surface area (Å²) in [5, 5.41) is 3.24. The Hall–Kier alpha value is -4.10. The maximum Gasteiger partial charge on any atom is 0.276 e. The number of carbonyl (C=O) groups excluding carboxylic acids is 1. The van der Waals surface area contributed by atoms with Crippen molar-refractivity contribution in [3.8, 4) is 5.75 Å². The second kappa shape index (κ2) is 8.44. The van der Waals surface area contributed by atoms with Gasteiger partial charge in [-0.1, -0.05) is 23.7 Å². The zero-order valence-corrected chi connectivity index (χ0v) is 18.4. The predicted octanol–water partition coefficient (Wildman–Crippen LogP) is 4.61. The summed E-state index contributed by atoms with van der Waals surface area (Å²) in [6, 6.07) is 19.6. The average molecular weight is 459 g/mol. The highest BCUT2D eigenvalue weighted by molar-refractivity contribution is 6.32. The molecule has 0 fully saturated rings. The summed E-state index contributed by atoms with van der Waals surface area (Å²) in [7, 11) is 1.53. The van der Waals surface area contributed by atoms with Gasteiger partial charge in [0.25, 0.3) is 11.5 Å². The SMILES string of the molecule is COc1ccc(NC(=O)c2ccc(Cn3c(=O)c4cccn4c4cccnc43)cc2)cc1Cl. The zero-order chi connectivity index (χ0) is 22.9. The Kier molecular flexibility index (Phi) is 5.32. The minimum atomic E-state index is -0.262. The fraction of sp³-hybridized carbons (Fsp3) is 0.0800. The number of anilines is 1. The van der Waals surface area contributed by atoms with Crippen molar-refractivity contribution < 1.29 is 9.53 Å². The van der Waals surface area contributed by atoms with Crippen molar-refractivity contribution in [3.63, 3.8) is 0 Å². The number of carbonyl (C=O) groups is 1. The van der Waals surface area contributed by atoms with Gasteiger partial charge in [-0.3, -0.25) is 14.2 Å². The lowest BCUT2D eigenvalue weighted by Crippen LogP contribution is -2.24. The molecule has 0 spiro atoms. The van der Waals surface area contributed by atoms with E-state index in [1.165, 1.54) is 7.11 Å². The topological polar surface area (TPSA) is 77.6 Å². The molecule has 0 aliphatic carbocycles. The Morgan fingerprint density at radius 3 is 2.61 bits per heavy atom. The number of nitrogens with one attached hydrogen (secondary N) is 1. The third-order valence-electron chi connectivity index (χ3n) is 5.46. The fourth-order valence-electron chi connectivity index (χ4n) is 3.82. The van der Waals surface area contributed by atoms with Crippen LogP contribution in [0.5, 0.6) is 5.75 Å². The van der Waals surface area contributed by atoms with Crippen molar-refractivity contribution in [1.29, 1.82) is 0 Å². The molecule has 0 saturated carbocycles. The molecule has 0 bridgehead atoms. The molecule has 0 aliphatic rings. The molecule has 0 unspecified atom stereocenters. The van der Waals surface area contributed by atoms with Crippen LogP contribution in [0.15, 0.2) is 83.9 Å². The third-order valence-corrected chi connectivity index (χ3v) is 5.76. The molecule has 0 radical (unpaired) electrons. The number of aromatic nitrogens is 3. The molecule has 164 valence electrons. The number of fused-ring (bicyclic) bond motifs is 3. The number of benzene rings is 2. The molecule has 1 amide bonds. The first kappa shape index (κ1) is 20.8. The predicted molar refractivity (Wildman–Crippen MR) is 128 cm³/mol. The van der Waals surface area contributed by atoms with Crippen LogP contribution in [-0.4, -0.2) is 27.0 Å². The van der Waals surface area contributed by atoms with Crippen molar-refractivity contribution in [1.82, 2.24) is 14.0 Å². The summed E-state index contributed by atoms with van der Waals surface area (Å²) < 4.78 is 8.63. The number of methoxy groups -OCH3 is 1. The van der Waals surface area contributed by atoms with Crippen molar-refractivity contribution in [2.45, 2.75) is 6.54 Å². The molecular weight excluding hydrogens is 440 g/mol. The number of amides is 1. The van der Waals surface area contributed by atoms with Gasteiger partial charge in [-0.15, -0.1) is 0 Å². The summed E-state index contributed by atoms with van der Waals surface area (Å²) >= 11 is 6.13. The third kappa shape index (κ3) is 3.83. The Morgan fingerprint density at radius 1 is 1.06 bits per heavy atom. The van der Waals surface area contributed by atoms with E-state index >= 15 is 0 Å². The highest BCUT2D eigenvalue weighted by Gasteiger charge is 2.13. The van der Waals surface area contributed by atoms with E-state index in [0.717, 1.165) is 11.1 Å². The molecule has 3 aromatic heterocycles. The number of rotatable bonds is 5. The molecule has 33 heavy (non-hydrogen) atoms. The molecular formula is C25H19ClN4O3. The van der Waals surface area contributed by atoms with E-state index in [1.807, 2.05) is 40.9 Å². The highest BCUT2D eigenvalue weighted by atomic mass is 35.5. The smallest absolute Gasteiger partial charge is 0.276 e. The fourth-order valence-corrected chi connectivity index (χ4v) is 4.08. The number of pyridine rings is 1. The first-order chi connectivity index (χ1) is 16.0. The van der Waals surface area contributed by atoms with Gasteiger partial charge in [0, 0.05) is 23.6 Å². The van der Waals surface area contributed by atoms with Gasteiger partial charge in [0.05, 0.1) is 24.2 Å². The van der Waals surface area contributed by atoms with E-state index in [9.17, 15) is 9.59 Å². The second-order valence-corrected chi connectivity index (χ2v) is 7.91. The van der Waals surface area contributed by atoms with Gasteiger partial charge in [-0.2, -0.15) is 0 Å². The number of halogens is 1. The molecule has 3 heterocycles. The van der Waals surface area contributed by atoms with Crippen molar-refractivity contribution in [3.05, 3.63) is 106 Å². The van der Waals surface area contributed by atoms with Crippen LogP contribution < -0.4 is 15.6 Å². The molecule has 5 aromatic rings. The van der Waals surface area contributed by atoms with Crippen LogP contribution in [0, 0.1) is 0 Å². The van der Waals surface area contributed by atoms with Gasteiger partial charge in [-0.25, -0.2) is 4.98 Å². The summed E-state index contributed by atoms with van der Waals surface area (Å²) in [5.74, 6) is 0.274. The zero-order valence-electron chi connectivity index (χ0n) is 17.7.